The molecule has 92 valence electrons. The third-order valence-corrected chi connectivity index (χ3v) is 3.69. The summed E-state index contributed by atoms with van der Waals surface area (Å²) >= 11 is 0. The highest BCUT2D eigenvalue weighted by molar-refractivity contribution is 5.72. The van der Waals surface area contributed by atoms with Crippen molar-refractivity contribution in [1.29, 1.82) is 0 Å². The molecule has 17 heavy (non-hydrogen) atoms. The van der Waals surface area contributed by atoms with Crippen LogP contribution in [0.2, 0.25) is 0 Å². The van der Waals surface area contributed by atoms with Gasteiger partial charge in [-0.2, -0.15) is 0 Å². The molecule has 2 rings (SSSR count). The summed E-state index contributed by atoms with van der Waals surface area (Å²) in [5, 5.41) is 0. The van der Waals surface area contributed by atoms with Gasteiger partial charge in [-0.05, 0) is 48.8 Å². The molecule has 0 N–H and O–H groups in total. The minimum atomic E-state index is 0.142. The quantitative estimate of drug-likeness (QED) is 0.783. The molecular weight excluding hydrogens is 210 g/mol. The summed E-state index contributed by atoms with van der Waals surface area (Å²) in [6, 6.07) is 6.83. The Kier molecular flexibility index (Phi) is 3.82. The van der Waals surface area contributed by atoms with Crippen molar-refractivity contribution in [3.8, 4) is 0 Å². The van der Waals surface area contributed by atoms with Gasteiger partial charge in [0.05, 0.1) is 0 Å². The molecular formula is C15H21NO. The maximum absolute atomic E-state index is 11.1. The topological polar surface area (TPSA) is 20.3 Å². The fourth-order valence-electron chi connectivity index (χ4n) is 2.40. The van der Waals surface area contributed by atoms with Gasteiger partial charge >= 0.3 is 0 Å². The molecule has 2 heteroatoms. The third kappa shape index (κ3) is 3.09. The average Bonchev–Trinajstić information content (AvgIpc) is 2.35. The second-order valence-corrected chi connectivity index (χ2v) is 5.00. The molecule has 0 saturated heterocycles. The minimum Gasteiger partial charge on any atom is -0.346 e. The first kappa shape index (κ1) is 12.2. The Bertz CT molecular complexity index is 411. The molecule has 0 aliphatic heterocycles. The van der Waals surface area contributed by atoms with Crippen LogP contribution >= 0.6 is 0 Å². The SMILES string of the molecule is CC(=O)N(C)CCc1ccc2c(c1)CCCC2. The zero-order valence-corrected chi connectivity index (χ0v) is 10.8. The van der Waals surface area contributed by atoms with E-state index in [-0.39, 0.29) is 5.91 Å². The minimum absolute atomic E-state index is 0.142. The Morgan fingerprint density at radius 2 is 1.94 bits per heavy atom. The number of benzene rings is 1. The lowest BCUT2D eigenvalue weighted by Gasteiger charge is -2.18. The van der Waals surface area contributed by atoms with E-state index >= 15 is 0 Å². The number of carbonyl (C=O) groups excluding carboxylic acids is 1. The summed E-state index contributed by atoms with van der Waals surface area (Å²) in [5.74, 6) is 0.142. The zero-order chi connectivity index (χ0) is 12.3. The van der Waals surface area contributed by atoms with E-state index in [0.29, 0.717) is 0 Å². The monoisotopic (exact) mass is 231 g/mol. The average molecular weight is 231 g/mol. The van der Waals surface area contributed by atoms with Crippen LogP contribution in [0.4, 0.5) is 0 Å². The van der Waals surface area contributed by atoms with Crippen molar-refractivity contribution in [1.82, 2.24) is 4.90 Å². The Labute approximate surface area is 104 Å². The molecule has 0 spiro atoms. The molecule has 0 radical (unpaired) electrons. The van der Waals surface area contributed by atoms with E-state index in [2.05, 4.69) is 18.2 Å². The van der Waals surface area contributed by atoms with Crippen LogP contribution < -0.4 is 0 Å². The van der Waals surface area contributed by atoms with Gasteiger partial charge in [0, 0.05) is 20.5 Å². The van der Waals surface area contributed by atoms with Crippen LogP contribution in [0, 0.1) is 0 Å². The van der Waals surface area contributed by atoms with Crippen molar-refractivity contribution in [2.75, 3.05) is 13.6 Å². The van der Waals surface area contributed by atoms with Crippen LogP contribution in [0.1, 0.15) is 36.5 Å². The van der Waals surface area contributed by atoms with Crippen LogP contribution in [-0.4, -0.2) is 24.4 Å². The fourth-order valence-corrected chi connectivity index (χ4v) is 2.40. The molecule has 1 aromatic carbocycles. The van der Waals surface area contributed by atoms with E-state index in [1.54, 1.807) is 11.8 Å². The predicted molar refractivity (Wildman–Crippen MR) is 70.1 cm³/mol. The molecule has 1 aliphatic carbocycles. The largest absolute Gasteiger partial charge is 0.346 e. The van der Waals surface area contributed by atoms with Gasteiger partial charge in [-0.25, -0.2) is 0 Å². The molecule has 0 bridgehead atoms. The first-order chi connectivity index (χ1) is 8.16. The van der Waals surface area contributed by atoms with Crippen LogP contribution in [0.15, 0.2) is 18.2 Å². The van der Waals surface area contributed by atoms with Crippen molar-refractivity contribution in [3.05, 3.63) is 34.9 Å². The Morgan fingerprint density at radius 3 is 2.65 bits per heavy atom. The predicted octanol–water partition coefficient (Wildman–Crippen LogP) is 2.59. The van der Waals surface area contributed by atoms with E-state index < -0.39 is 0 Å². The van der Waals surface area contributed by atoms with Gasteiger partial charge in [-0.1, -0.05) is 18.2 Å². The van der Waals surface area contributed by atoms with Gasteiger partial charge in [-0.15, -0.1) is 0 Å². The second kappa shape index (κ2) is 5.35. The Balaban J connectivity index is 2.00. The van der Waals surface area contributed by atoms with Gasteiger partial charge in [0.15, 0.2) is 0 Å². The standard InChI is InChI=1S/C15H21NO/c1-12(17)16(2)10-9-13-7-8-14-5-3-4-6-15(14)11-13/h7-8,11H,3-6,9-10H2,1-2H3. The summed E-state index contributed by atoms with van der Waals surface area (Å²) in [4.78, 5) is 12.9. The first-order valence-corrected chi connectivity index (χ1v) is 6.49. The Morgan fingerprint density at radius 1 is 1.24 bits per heavy atom. The zero-order valence-electron chi connectivity index (χ0n) is 10.8. The molecule has 0 heterocycles. The van der Waals surface area contributed by atoms with Crippen LogP contribution in [0.25, 0.3) is 0 Å². The highest BCUT2D eigenvalue weighted by Gasteiger charge is 2.10. The third-order valence-electron chi connectivity index (χ3n) is 3.69. The number of amides is 1. The van der Waals surface area contributed by atoms with Crippen LogP contribution in [-0.2, 0) is 24.1 Å². The first-order valence-electron chi connectivity index (χ1n) is 6.49. The van der Waals surface area contributed by atoms with E-state index in [1.807, 2.05) is 7.05 Å². The molecule has 0 saturated carbocycles. The summed E-state index contributed by atoms with van der Waals surface area (Å²) in [7, 11) is 1.86. The fraction of sp³-hybridized carbons (Fsp3) is 0.533. The summed E-state index contributed by atoms with van der Waals surface area (Å²) in [5.41, 5.74) is 4.41. The molecule has 1 amide bonds. The number of likely N-dealkylation sites (N-methyl/N-ethyl adjacent to an activating group) is 1. The van der Waals surface area contributed by atoms with Gasteiger partial charge in [0.2, 0.25) is 5.91 Å². The van der Waals surface area contributed by atoms with Gasteiger partial charge in [-0.3, -0.25) is 4.79 Å². The lowest BCUT2D eigenvalue weighted by atomic mass is 9.90. The van der Waals surface area contributed by atoms with Crippen molar-refractivity contribution >= 4 is 5.91 Å². The van der Waals surface area contributed by atoms with Gasteiger partial charge in [0.25, 0.3) is 0 Å². The summed E-state index contributed by atoms with van der Waals surface area (Å²) < 4.78 is 0. The molecule has 0 fully saturated rings. The molecule has 0 unspecified atom stereocenters. The van der Waals surface area contributed by atoms with Gasteiger partial charge in [0.1, 0.15) is 0 Å². The molecule has 0 atom stereocenters. The molecule has 2 nitrogen and oxygen atoms in total. The number of hydrogen-bond donors (Lipinski definition) is 0. The summed E-state index contributed by atoms with van der Waals surface area (Å²) in [6.45, 7) is 2.43. The molecule has 1 aliphatic rings. The number of hydrogen-bond acceptors (Lipinski definition) is 1. The molecule has 0 aromatic heterocycles. The van der Waals surface area contributed by atoms with Crippen molar-refractivity contribution in [2.45, 2.75) is 39.0 Å². The number of fused-ring (bicyclic) bond motifs is 1. The summed E-state index contributed by atoms with van der Waals surface area (Å²) in [6.07, 6.45) is 6.08. The van der Waals surface area contributed by atoms with Crippen molar-refractivity contribution in [3.63, 3.8) is 0 Å². The lowest BCUT2D eigenvalue weighted by molar-refractivity contribution is -0.127. The Hall–Kier alpha value is -1.31. The number of aryl methyl sites for hydroxylation is 2. The van der Waals surface area contributed by atoms with Crippen molar-refractivity contribution in [2.24, 2.45) is 0 Å². The number of carbonyl (C=O) groups is 1. The van der Waals surface area contributed by atoms with Crippen LogP contribution in [0.3, 0.4) is 0 Å². The van der Waals surface area contributed by atoms with E-state index in [9.17, 15) is 4.79 Å². The van der Waals surface area contributed by atoms with Gasteiger partial charge < -0.3 is 4.90 Å². The van der Waals surface area contributed by atoms with E-state index in [4.69, 9.17) is 0 Å². The number of nitrogens with zero attached hydrogens (tertiary/aromatic N) is 1. The number of rotatable bonds is 3. The van der Waals surface area contributed by atoms with E-state index in [1.165, 1.54) is 42.4 Å². The molecule has 1 aromatic rings. The van der Waals surface area contributed by atoms with E-state index in [0.717, 1.165) is 13.0 Å². The highest BCUT2D eigenvalue weighted by atomic mass is 16.2. The van der Waals surface area contributed by atoms with Crippen molar-refractivity contribution < 1.29 is 4.79 Å². The maximum Gasteiger partial charge on any atom is 0.219 e. The smallest absolute Gasteiger partial charge is 0.219 e. The highest BCUT2D eigenvalue weighted by Crippen LogP contribution is 2.22. The van der Waals surface area contributed by atoms with Crippen LogP contribution in [0.5, 0.6) is 0 Å². The maximum atomic E-state index is 11.1. The lowest BCUT2D eigenvalue weighted by Crippen LogP contribution is -2.26. The normalized spacial score (nSPS) is 14.2. The second-order valence-electron chi connectivity index (χ2n) is 5.00.